The number of azo groups is 1. The number of carbonyl (C=O) groups excluding carboxylic acids is 2. The average molecular weight is 492 g/mol. The van der Waals surface area contributed by atoms with E-state index in [2.05, 4.69) is 15.5 Å². The van der Waals surface area contributed by atoms with Crippen molar-refractivity contribution in [2.24, 2.45) is 10.2 Å². The highest BCUT2D eigenvalue weighted by Crippen LogP contribution is 2.41. The number of ether oxygens (including phenoxy) is 4. The molecule has 1 amide bonds. The zero-order chi connectivity index (χ0) is 25.1. The second-order valence-electron chi connectivity index (χ2n) is 6.80. The number of nitrogens with one attached hydrogen (secondary N) is 1. The highest BCUT2D eigenvalue weighted by atomic mass is 35.5. The Bertz CT molecular complexity index is 1030. The fourth-order valence-corrected chi connectivity index (χ4v) is 3.20. The monoisotopic (exact) mass is 491 g/mol. The van der Waals surface area contributed by atoms with Crippen LogP contribution >= 0.6 is 11.6 Å². The van der Waals surface area contributed by atoms with Gasteiger partial charge in [-0.1, -0.05) is 17.7 Å². The molecule has 184 valence electrons. The first kappa shape index (κ1) is 26.9. The summed E-state index contributed by atoms with van der Waals surface area (Å²) in [6.07, 6.45) is 0. The van der Waals surface area contributed by atoms with Crippen LogP contribution in [-0.2, 0) is 9.59 Å². The van der Waals surface area contributed by atoms with E-state index in [-0.39, 0.29) is 16.5 Å². The lowest BCUT2D eigenvalue weighted by Gasteiger charge is -2.18. The fraction of sp³-hybridized carbons (Fsp3) is 0.417. The van der Waals surface area contributed by atoms with Gasteiger partial charge >= 0.3 is 0 Å². The van der Waals surface area contributed by atoms with E-state index in [0.29, 0.717) is 49.4 Å². The first-order valence-electron chi connectivity index (χ1n) is 11.1. The Morgan fingerprint density at radius 3 is 2.12 bits per heavy atom. The SMILES string of the molecule is CCOc1ccc(Cl)c(OCC)c1NC(=O)C(N=Nc1cccc(OCC)c1OCC)C(C)=O. The topological polar surface area (TPSA) is 108 Å². The number of carbonyl (C=O) groups is 2. The van der Waals surface area contributed by atoms with Gasteiger partial charge in [0.25, 0.3) is 5.91 Å². The van der Waals surface area contributed by atoms with Crippen LogP contribution in [0.1, 0.15) is 34.6 Å². The summed E-state index contributed by atoms with van der Waals surface area (Å²) in [5, 5.41) is 11.1. The lowest BCUT2D eigenvalue weighted by atomic mass is 10.2. The van der Waals surface area contributed by atoms with Crippen LogP contribution in [0.3, 0.4) is 0 Å². The molecule has 2 rings (SSSR count). The van der Waals surface area contributed by atoms with Gasteiger partial charge < -0.3 is 24.3 Å². The van der Waals surface area contributed by atoms with Crippen LogP contribution in [0.15, 0.2) is 40.6 Å². The summed E-state index contributed by atoms with van der Waals surface area (Å²) in [6, 6.07) is 6.92. The molecule has 10 heteroatoms. The summed E-state index contributed by atoms with van der Waals surface area (Å²) < 4.78 is 22.5. The number of benzene rings is 2. The number of anilines is 1. The van der Waals surface area contributed by atoms with E-state index in [1.165, 1.54) is 6.92 Å². The minimum absolute atomic E-state index is 0.219. The van der Waals surface area contributed by atoms with Crippen molar-refractivity contribution in [2.75, 3.05) is 31.7 Å². The molecule has 0 saturated heterocycles. The summed E-state index contributed by atoms with van der Waals surface area (Å²) in [5.41, 5.74) is 0.551. The zero-order valence-corrected chi connectivity index (χ0v) is 20.8. The Balaban J connectivity index is 2.40. The quantitative estimate of drug-likeness (QED) is 0.288. The molecule has 0 aliphatic carbocycles. The largest absolute Gasteiger partial charge is 0.492 e. The number of hydrogen-bond donors (Lipinski definition) is 1. The molecule has 0 aliphatic rings. The van der Waals surface area contributed by atoms with E-state index in [0.717, 1.165) is 0 Å². The lowest BCUT2D eigenvalue weighted by molar-refractivity contribution is -0.126. The molecule has 0 aromatic heterocycles. The number of halogens is 1. The van der Waals surface area contributed by atoms with Crippen LogP contribution in [-0.4, -0.2) is 44.2 Å². The maximum Gasteiger partial charge on any atom is 0.259 e. The minimum atomic E-state index is -1.42. The van der Waals surface area contributed by atoms with Gasteiger partial charge in [0.05, 0.1) is 31.5 Å². The molecule has 1 unspecified atom stereocenters. The lowest BCUT2D eigenvalue weighted by Crippen LogP contribution is -2.32. The highest BCUT2D eigenvalue weighted by Gasteiger charge is 2.27. The third-order valence-electron chi connectivity index (χ3n) is 4.37. The molecular weight excluding hydrogens is 462 g/mol. The van der Waals surface area contributed by atoms with E-state index in [1.54, 1.807) is 44.2 Å². The molecule has 9 nitrogen and oxygen atoms in total. The van der Waals surface area contributed by atoms with Crippen LogP contribution in [0.4, 0.5) is 11.4 Å². The standard InChI is InChI=1S/C24H30ClN3O6/c1-6-31-18-14-13-16(25)22(33-8-3)21(18)26-24(30)20(15(5)29)28-27-17-11-10-12-19(32-7-2)23(17)34-9-4/h10-14,20H,6-9H2,1-5H3,(H,26,30). The molecule has 0 heterocycles. The molecule has 0 fully saturated rings. The Labute approximate surface area is 204 Å². The molecule has 0 bridgehead atoms. The maximum absolute atomic E-state index is 13.1. The van der Waals surface area contributed by atoms with Crippen LogP contribution in [0.2, 0.25) is 5.02 Å². The normalized spacial score (nSPS) is 11.7. The van der Waals surface area contributed by atoms with Crippen LogP contribution in [0, 0.1) is 0 Å². The first-order chi connectivity index (χ1) is 16.4. The molecule has 1 N–H and O–H groups in total. The summed E-state index contributed by atoms with van der Waals surface area (Å²) in [6.45, 7) is 9.99. The van der Waals surface area contributed by atoms with Crippen LogP contribution in [0.5, 0.6) is 23.0 Å². The molecule has 2 aromatic rings. The predicted octanol–water partition coefficient (Wildman–Crippen LogP) is 5.61. The maximum atomic E-state index is 13.1. The van der Waals surface area contributed by atoms with Crippen molar-refractivity contribution in [3.63, 3.8) is 0 Å². The van der Waals surface area contributed by atoms with Gasteiger partial charge in [-0.25, -0.2) is 0 Å². The van der Waals surface area contributed by atoms with E-state index in [4.69, 9.17) is 30.5 Å². The number of amides is 1. The van der Waals surface area contributed by atoms with Gasteiger partial charge in [0.15, 0.2) is 23.0 Å². The van der Waals surface area contributed by atoms with Crippen molar-refractivity contribution >= 4 is 34.7 Å². The summed E-state index contributed by atoms with van der Waals surface area (Å²) in [5.74, 6) is 0.255. The van der Waals surface area contributed by atoms with Crippen molar-refractivity contribution < 1.29 is 28.5 Å². The summed E-state index contributed by atoms with van der Waals surface area (Å²) in [7, 11) is 0. The van der Waals surface area contributed by atoms with Crippen molar-refractivity contribution in [3.8, 4) is 23.0 Å². The van der Waals surface area contributed by atoms with Gasteiger partial charge in [0.1, 0.15) is 17.1 Å². The number of hydrogen-bond acceptors (Lipinski definition) is 8. The first-order valence-corrected chi connectivity index (χ1v) is 11.4. The molecule has 0 saturated carbocycles. The molecule has 1 atom stereocenters. The summed E-state index contributed by atoms with van der Waals surface area (Å²) in [4.78, 5) is 25.4. The Hall–Kier alpha value is -3.33. The Morgan fingerprint density at radius 1 is 0.882 bits per heavy atom. The molecule has 2 aromatic carbocycles. The number of rotatable bonds is 13. The summed E-state index contributed by atoms with van der Waals surface area (Å²) >= 11 is 6.27. The van der Waals surface area contributed by atoms with Gasteiger partial charge in [-0.05, 0) is 58.9 Å². The third kappa shape index (κ3) is 6.84. The highest BCUT2D eigenvalue weighted by molar-refractivity contribution is 6.33. The zero-order valence-electron chi connectivity index (χ0n) is 20.0. The minimum Gasteiger partial charge on any atom is -0.492 e. The van der Waals surface area contributed by atoms with Crippen LogP contribution < -0.4 is 24.3 Å². The molecule has 0 radical (unpaired) electrons. The number of ketones is 1. The second kappa shape index (κ2) is 13.4. The van der Waals surface area contributed by atoms with Crippen molar-refractivity contribution in [1.82, 2.24) is 0 Å². The van der Waals surface area contributed by atoms with Crippen molar-refractivity contribution in [2.45, 2.75) is 40.7 Å². The van der Waals surface area contributed by atoms with Crippen molar-refractivity contribution in [3.05, 3.63) is 35.4 Å². The second-order valence-corrected chi connectivity index (χ2v) is 7.21. The number of para-hydroxylation sites is 1. The van der Waals surface area contributed by atoms with E-state index in [1.807, 2.05) is 13.8 Å². The van der Waals surface area contributed by atoms with Gasteiger partial charge in [-0.15, -0.1) is 0 Å². The Kier molecular flexibility index (Phi) is 10.6. The van der Waals surface area contributed by atoms with E-state index in [9.17, 15) is 9.59 Å². The number of Topliss-reactive ketones (excluding diaryl/α,β-unsaturated/α-hetero) is 1. The van der Waals surface area contributed by atoms with Gasteiger partial charge in [-0.2, -0.15) is 10.2 Å². The van der Waals surface area contributed by atoms with Gasteiger partial charge in [0, 0.05) is 0 Å². The molecule has 34 heavy (non-hydrogen) atoms. The van der Waals surface area contributed by atoms with E-state index < -0.39 is 17.7 Å². The number of nitrogens with zero attached hydrogens (tertiary/aromatic N) is 2. The average Bonchev–Trinajstić information content (AvgIpc) is 2.80. The third-order valence-corrected chi connectivity index (χ3v) is 4.67. The molecule has 0 aliphatic heterocycles. The van der Waals surface area contributed by atoms with E-state index >= 15 is 0 Å². The Morgan fingerprint density at radius 2 is 1.50 bits per heavy atom. The smallest absolute Gasteiger partial charge is 0.259 e. The molecule has 0 spiro atoms. The predicted molar refractivity (Wildman–Crippen MR) is 130 cm³/mol. The molecular formula is C24H30ClN3O6. The fourth-order valence-electron chi connectivity index (χ4n) is 2.99. The van der Waals surface area contributed by atoms with Crippen LogP contribution in [0.25, 0.3) is 0 Å². The van der Waals surface area contributed by atoms with Crippen molar-refractivity contribution in [1.29, 1.82) is 0 Å². The van der Waals surface area contributed by atoms with Gasteiger partial charge in [0.2, 0.25) is 6.04 Å². The van der Waals surface area contributed by atoms with Gasteiger partial charge in [-0.3, -0.25) is 9.59 Å².